The van der Waals surface area contributed by atoms with Crippen LogP contribution in [0.15, 0.2) is 66.6 Å². The van der Waals surface area contributed by atoms with Crippen molar-refractivity contribution in [2.24, 2.45) is 5.11 Å². The first-order valence-corrected chi connectivity index (χ1v) is 13.2. The molecule has 5 rings (SSSR count). The number of nitrogens with one attached hydrogen (secondary N) is 4. The first-order valence-electron chi connectivity index (χ1n) is 13.2. The molecule has 13 heteroatoms. The molecule has 42 heavy (non-hydrogen) atoms. The van der Waals surface area contributed by atoms with Gasteiger partial charge in [-0.2, -0.15) is 5.11 Å². The number of piperidine rings is 1. The summed E-state index contributed by atoms with van der Waals surface area (Å²) in [6.45, 7) is 5.52. The molecular formula is C29H29F2N9O2. The highest BCUT2D eigenvalue weighted by molar-refractivity contribution is 5.88. The van der Waals surface area contributed by atoms with Crippen LogP contribution in [0.25, 0.3) is 11.0 Å². The molecule has 2 atom stereocenters. The molecule has 2 aromatic carbocycles. The van der Waals surface area contributed by atoms with Gasteiger partial charge in [-0.25, -0.2) is 29.3 Å². The molecule has 0 spiro atoms. The summed E-state index contributed by atoms with van der Waals surface area (Å²) in [6.07, 6.45) is 1.58. The lowest BCUT2D eigenvalue weighted by Gasteiger charge is -2.35. The number of amides is 1. The lowest BCUT2D eigenvalue weighted by atomic mass is 10.0. The number of halogens is 2. The molecule has 2 aromatic heterocycles. The molecule has 4 N–H and O–H groups in total. The standard InChI is InChI=1S/C29H29F2N9O2/c1-4-26(41)36-19-11-12-40(14-18(19)30)25-10-8-22-28(38-25)29(35-15-34-22)37-21-7-9-24(16(2)27(21)31)42-17-5-6-20(33-3)23(13-17)39-32/h4-10,13,15,18-19,32-33H,1,11-12,14H2,2-3H3,(H,36,41)(H,34,35,37)/t18-,19-/m1/s1. The predicted molar refractivity (Wildman–Crippen MR) is 156 cm³/mol. The Morgan fingerprint density at radius 3 is 2.76 bits per heavy atom. The van der Waals surface area contributed by atoms with E-state index in [2.05, 4.69) is 42.6 Å². The Kier molecular flexibility index (Phi) is 8.18. The number of nitrogens with zero attached hydrogens (tertiary/aromatic N) is 5. The number of alkyl halides is 1. The zero-order chi connectivity index (χ0) is 29.8. The molecule has 0 saturated carbocycles. The summed E-state index contributed by atoms with van der Waals surface area (Å²) in [5.74, 6) is 0.545. The summed E-state index contributed by atoms with van der Waals surface area (Å²) in [7, 11) is 1.72. The largest absolute Gasteiger partial charge is 0.457 e. The van der Waals surface area contributed by atoms with Gasteiger partial charge in [-0.3, -0.25) is 4.79 Å². The minimum Gasteiger partial charge on any atom is -0.457 e. The predicted octanol–water partition coefficient (Wildman–Crippen LogP) is 5.93. The molecule has 0 bridgehead atoms. The molecule has 0 unspecified atom stereocenters. The van der Waals surface area contributed by atoms with Crippen LogP contribution in [0.4, 0.5) is 37.5 Å². The number of carbonyl (C=O) groups excluding carboxylic acids is 1. The van der Waals surface area contributed by atoms with E-state index in [4.69, 9.17) is 10.3 Å². The van der Waals surface area contributed by atoms with Crippen LogP contribution in [0.3, 0.4) is 0 Å². The number of hydrogen-bond acceptors (Lipinski definition) is 10. The second kappa shape index (κ2) is 12.1. The molecule has 0 aliphatic carbocycles. The van der Waals surface area contributed by atoms with Crippen molar-refractivity contribution in [3.8, 4) is 11.5 Å². The summed E-state index contributed by atoms with van der Waals surface area (Å²) in [4.78, 5) is 26.6. The van der Waals surface area contributed by atoms with Crippen LogP contribution in [0.2, 0.25) is 0 Å². The van der Waals surface area contributed by atoms with E-state index >= 15 is 4.39 Å². The molecule has 1 saturated heterocycles. The minimum absolute atomic E-state index is 0.0431. The van der Waals surface area contributed by atoms with E-state index in [9.17, 15) is 9.18 Å². The maximum atomic E-state index is 15.5. The number of pyridine rings is 1. The fraction of sp³-hybridized carbons (Fsp3) is 0.241. The Morgan fingerprint density at radius 1 is 1.21 bits per heavy atom. The van der Waals surface area contributed by atoms with Gasteiger partial charge in [0.05, 0.1) is 29.5 Å². The number of carbonyl (C=O) groups is 1. The van der Waals surface area contributed by atoms with Gasteiger partial charge < -0.3 is 25.6 Å². The van der Waals surface area contributed by atoms with Gasteiger partial charge in [0.25, 0.3) is 0 Å². The van der Waals surface area contributed by atoms with Crippen molar-refractivity contribution in [2.45, 2.75) is 25.6 Å². The molecule has 11 nitrogen and oxygen atoms in total. The van der Waals surface area contributed by atoms with Gasteiger partial charge in [-0.1, -0.05) is 6.58 Å². The second-order valence-electron chi connectivity index (χ2n) is 9.65. The van der Waals surface area contributed by atoms with E-state index in [-0.39, 0.29) is 23.6 Å². The lowest BCUT2D eigenvalue weighted by Crippen LogP contribution is -2.52. The smallest absolute Gasteiger partial charge is 0.243 e. The molecule has 1 fully saturated rings. The van der Waals surface area contributed by atoms with Gasteiger partial charge in [0.15, 0.2) is 11.6 Å². The SMILES string of the molecule is C=CC(=O)N[C@@H]1CCN(c2ccc3ncnc(Nc4ccc(Oc5ccc(NC)c(N=N)c5)c(C)c4F)c3n2)C[C@H]1F. The highest BCUT2D eigenvalue weighted by Crippen LogP contribution is 2.36. The molecule has 216 valence electrons. The first kappa shape index (κ1) is 28.3. The zero-order valence-corrected chi connectivity index (χ0v) is 23.0. The van der Waals surface area contributed by atoms with Gasteiger partial charge in [-0.05, 0) is 55.8 Å². The fourth-order valence-corrected chi connectivity index (χ4v) is 4.72. The molecule has 1 amide bonds. The van der Waals surface area contributed by atoms with Gasteiger partial charge in [0, 0.05) is 25.2 Å². The fourth-order valence-electron chi connectivity index (χ4n) is 4.72. The Balaban J connectivity index is 1.37. The van der Waals surface area contributed by atoms with E-state index in [0.29, 0.717) is 52.7 Å². The number of hydrogen-bond donors (Lipinski definition) is 4. The summed E-state index contributed by atoms with van der Waals surface area (Å²) in [5.41, 5.74) is 9.74. The summed E-state index contributed by atoms with van der Waals surface area (Å²) < 4.78 is 36.3. The zero-order valence-electron chi connectivity index (χ0n) is 23.0. The molecule has 1 aliphatic heterocycles. The number of aromatic nitrogens is 3. The minimum atomic E-state index is -1.29. The topological polar surface area (TPSA) is 141 Å². The Labute approximate surface area is 240 Å². The molecule has 1 aliphatic rings. The number of anilines is 4. The van der Waals surface area contributed by atoms with Gasteiger partial charge in [0.1, 0.15) is 41.0 Å². The van der Waals surface area contributed by atoms with Crippen molar-refractivity contribution >= 4 is 45.6 Å². The van der Waals surface area contributed by atoms with Gasteiger partial charge >= 0.3 is 0 Å². The van der Waals surface area contributed by atoms with Crippen molar-refractivity contribution in [2.75, 3.05) is 35.7 Å². The molecular weight excluding hydrogens is 544 g/mol. The quantitative estimate of drug-likeness (QED) is 0.143. The third kappa shape index (κ3) is 5.80. The number of rotatable bonds is 9. The maximum Gasteiger partial charge on any atom is 0.243 e. The summed E-state index contributed by atoms with van der Waals surface area (Å²) >= 11 is 0. The molecule has 0 radical (unpaired) electrons. The third-order valence-corrected chi connectivity index (χ3v) is 7.02. The Hall–Kier alpha value is -5.20. The normalized spacial score (nSPS) is 16.5. The van der Waals surface area contributed by atoms with Crippen LogP contribution in [-0.2, 0) is 4.79 Å². The van der Waals surface area contributed by atoms with Crippen molar-refractivity contribution in [3.05, 3.63) is 72.8 Å². The monoisotopic (exact) mass is 573 g/mol. The summed E-state index contributed by atoms with van der Waals surface area (Å²) in [5, 5.41) is 12.1. The Morgan fingerprint density at radius 2 is 2.02 bits per heavy atom. The molecule has 3 heterocycles. The van der Waals surface area contributed by atoms with Gasteiger partial charge in [-0.15, -0.1) is 0 Å². The Bertz CT molecular complexity index is 1670. The van der Waals surface area contributed by atoms with Crippen molar-refractivity contribution in [1.29, 1.82) is 5.53 Å². The van der Waals surface area contributed by atoms with Crippen LogP contribution in [0, 0.1) is 18.3 Å². The van der Waals surface area contributed by atoms with Crippen molar-refractivity contribution in [1.82, 2.24) is 20.3 Å². The van der Waals surface area contributed by atoms with Crippen LogP contribution in [0.1, 0.15) is 12.0 Å². The van der Waals surface area contributed by atoms with Gasteiger partial charge in [0.2, 0.25) is 5.91 Å². The lowest BCUT2D eigenvalue weighted by molar-refractivity contribution is -0.117. The van der Waals surface area contributed by atoms with Crippen LogP contribution in [0.5, 0.6) is 11.5 Å². The summed E-state index contributed by atoms with van der Waals surface area (Å²) in [6, 6.07) is 11.1. The number of fused-ring (bicyclic) bond motifs is 1. The maximum absolute atomic E-state index is 15.5. The third-order valence-electron chi connectivity index (χ3n) is 7.02. The molecule has 4 aromatic rings. The van der Waals surface area contributed by atoms with E-state index in [1.165, 1.54) is 12.4 Å². The average molecular weight is 574 g/mol. The highest BCUT2D eigenvalue weighted by atomic mass is 19.1. The second-order valence-corrected chi connectivity index (χ2v) is 9.65. The van der Waals surface area contributed by atoms with Crippen LogP contribution >= 0.6 is 0 Å². The highest BCUT2D eigenvalue weighted by Gasteiger charge is 2.30. The van der Waals surface area contributed by atoms with Crippen LogP contribution < -0.4 is 25.6 Å². The van der Waals surface area contributed by atoms with E-state index in [1.54, 1.807) is 55.3 Å². The number of benzene rings is 2. The van der Waals surface area contributed by atoms with E-state index in [1.807, 2.05) is 0 Å². The van der Waals surface area contributed by atoms with Crippen molar-refractivity contribution in [3.63, 3.8) is 0 Å². The van der Waals surface area contributed by atoms with E-state index < -0.39 is 23.9 Å². The number of ether oxygens (including phenoxy) is 1. The first-order chi connectivity index (χ1) is 20.3. The van der Waals surface area contributed by atoms with Crippen LogP contribution in [-0.4, -0.2) is 53.2 Å². The van der Waals surface area contributed by atoms with Crippen molar-refractivity contribution < 1.29 is 18.3 Å². The average Bonchev–Trinajstić information content (AvgIpc) is 3.01. The van der Waals surface area contributed by atoms with E-state index in [0.717, 1.165) is 6.08 Å².